The molecule has 11 heteroatoms. The van der Waals surface area contributed by atoms with Gasteiger partial charge in [0.25, 0.3) is 0 Å². The van der Waals surface area contributed by atoms with Crippen LogP contribution < -0.4 is 15.5 Å². The number of benzene rings is 1. The van der Waals surface area contributed by atoms with Crippen LogP contribution in [0.15, 0.2) is 29.3 Å². The fourth-order valence-corrected chi connectivity index (χ4v) is 6.05. The van der Waals surface area contributed by atoms with Crippen LogP contribution in [0.4, 0.5) is 5.82 Å². The van der Waals surface area contributed by atoms with E-state index < -0.39 is 0 Å². The van der Waals surface area contributed by atoms with E-state index in [1.165, 1.54) is 0 Å². The molecule has 166 valence electrons. The van der Waals surface area contributed by atoms with Crippen LogP contribution in [0.3, 0.4) is 0 Å². The summed E-state index contributed by atoms with van der Waals surface area (Å²) in [6, 6.07) is 3.73. The Morgan fingerprint density at radius 2 is 2.12 bits per heavy atom. The van der Waals surface area contributed by atoms with Crippen molar-refractivity contribution >= 4 is 50.1 Å². The van der Waals surface area contributed by atoms with Crippen molar-refractivity contribution < 1.29 is 4.74 Å². The Kier molecular flexibility index (Phi) is 4.55. The van der Waals surface area contributed by atoms with E-state index in [0.29, 0.717) is 32.1 Å². The number of ether oxygens (including phenoxy) is 1. The van der Waals surface area contributed by atoms with E-state index in [1.54, 1.807) is 17.1 Å². The van der Waals surface area contributed by atoms with Gasteiger partial charge in [-0.15, -0.1) is 0 Å². The molecular weight excluding hydrogens is 450 g/mol. The first-order valence-electron chi connectivity index (χ1n) is 10.6. The minimum absolute atomic E-state index is 0.0664. The van der Waals surface area contributed by atoms with Gasteiger partial charge >= 0.3 is 4.87 Å². The highest BCUT2D eigenvalue weighted by atomic mass is 35.5. The van der Waals surface area contributed by atoms with Crippen molar-refractivity contribution in [2.24, 2.45) is 11.1 Å². The summed E-state index contributed by atoms with van der Waals surface area (Å²) in [4.78, 5) is 26.0. The van der Waals surface area contributed by atoms with E-state index in [1.807, 2.05) is 12.1 Å². The van der Waals surface area contributed by atoms with Gasteiger partial charge in [-0.25, -0.2) is 14.6 Å². The van der Waals surface area contributed by atoms with Crippen molar-refractivity contribution in [3.63, 3.8) is 0 Å². The lowest BCUT2D eigenvalue weighted by Gasteiger charge is -2.41. The Morgan fingerprint density at radius 1 is 1.31 bits per heavy atom. The third kappa shape index (κ3) is 2.97. The van der Waals surface area contributed by atoms with Crippen molar-refractivity contribution in [3.05, 3.63) is 39.2 Å². The number of fused-ring (bicyclic) bond motifs is 2. The van der Waals surface area contributed by atoms with E-state index in [-0.39, 0.29) is 22.4 Å². The highest BCUT2D eigenvalue weighted by Crippen LogP contribution is 2.41. The molecule has 5 heterocycles. The largest absolute Gasteiger partial charge is 0.376 e. The number of anilines is 1. The first-order chi connectivity index (χ1) is 15.4. The number of aromatic nitrogens is 5. The van der Waals surface area contributed by atoms with Gasteiger partial charge in [-0.05, 0) is 31.9 Å². The van der Waals surface area contributed by atoms with Gasteiger partial charge in [0, 0.05) is 24.5 Å². The molecule has 0 unspecified atom stereocenters. The van der Waals surface area contributed by atoms with Crippen LogP contribution in [-0.2, 0) is 4.74 Å². The van der Waals surface area contributed by atoms with Crippen LogP contribution in [0.25, 0.3) is 27.1 Å². The molecule has 0 amide bonds. The van der Waals surface area contributed by atoms with Crippen molar-refractivity contribution in [1.29, 1.82) is 0 Å². The van der Waals surface area contributed by atoms with Crippen molar-refractivity contribution in [2.45, 2.75) is 31.9 Å². The molecule has 4 aromatic rings. The summed E-state index contributed by atoms with van der Waals surface area (Å²) in [6.07, 6.45) is 5.55. The lowest BCUT2D eigenvalue weighted by atomic mass is 9.73. The number of nitrogens with zero attached hydrogens (tertiary/aromatic N) is 5. The zero-order chi connectivity index (χ0) is 22.0. The maximum atomic E-state index is 11.7. The average molecular weight is 472 g/mol. The van der Waals surface area contributed by atoms with Gasteiger partial charge in [-0.1, -0.05) is 22.9 Å². The normalized spacial score (nSPS) is 23.0. The molecule has 2 fully saturated rings. The zero-order valence-corrected chi connectivity index (χ0v) is 19.0. The number of nitrogens with one attached hydrogen (secondary N) is 1. The predicted octanol–water partition coefficient (Wildman–Crippen LogP) is 2.70. The minimum Gasteiger partial charge on any atom is -0.376 e. The second-order valence-electron chi connectivity index (χ2n) is 8.67. The van der Waals surface area contributed by atoms with E-state index in [2.05, 4.69) is 26.9 Å². The van der Waals surface area contributed by atoms with Crippen molar-refractivity contribution in [3.8, 4) is 5.69 Å². The highest BCUT2D eigenvalue weighted by molar-refractivity contribution is 7.17. The Balaban J connectivity index is 1.30. The van der Waals surface area contributed by atoms with E-state index in [9.17, 15) is 4.79 Å². The minimum atomic E-state index is -0.142. The lowest BCUT2D eigenvalue weighted by Crippen LogP contribution is -2.50. The molecule has 2 saturated heterocycles. The smallest absolute Gasteiger partial charge is 0.305 e. The Hall–Kier alpha value is -2.53. The molecule has 0 bridgehead atoms. The molecule has 6 rings (SSSR count). The number of nitrogens with two attached hydrogens (primary N) is 1. The number of hydrogen-bond acceptors (Lipinski definition) is 8. The molecule has 2 aliphatic heterocycles. The summed E-state index contributed by atoms with van der Waals surface area (Å²) in [5, 5.41) is 4.94. The first kappa shape index (κ1) is 20.1. The summed E-state index contributed by atoms with van der Waals surface area (Å²) in [6.45, 7) is 4.53. The third-order valence-corrected chi connectivity index (χ3v) is 8.34. The number of aromatic amines is 1. The highest BCUT2D eigenvalue weighted by Gasteiger charge is 2.47. The van der Waals surface area contributed by atoms with Crippen LogP contribution >= 0.6 is 22.9 Å². The monoisotopic (exact) mass is 471 g/mol. The van der Waals surface area contributed by atoms with E-state index in [4.69, 9.17) is 27.1 Å². The van der Waals surface area contributed by atoms with Gasteiger partial charge in [0.05, 0.1) is 46.0 Å². The van der Waals surface area contributed by atoms with Gasteiger partial charge < -0.3 is 20.4 Å². The number of hydrogen-bond donors (Lipinski definition) is 2. The fraction of sp³-hybridized carbons (Fsp3) is 0.429. The molecule has 0 aliphatic carbocycles. The van der Waals surface area contributed by atoms with Gasteiger partial charge in [0.15, 0.2) is 5.65 Å². The molecule has 9 nitrogen and oxygen atoms in total. The summed E-state index contributed by atoms with van der Waals surface area (Å²) in [7, 11) is 0. The second kappa shape index (κ2) is 7.24. The molecule has 2 aliphatic rings. The number of piperidine rings is 1. The molecular formula is C21H22ClN7O2S. The van der Waals surface area contributed by atoms with Gasteiger partial charge in [0.1, 0.15) is 11.3 Å². The fourth-order valence-electron chi connectivity index (χ4n) is 4.92. The predicted molar refractivity (Wildman–Crippen MR) is 125 cm³/mol. The van der Waals surface area contributed by atoms with E-state index >= 15 is 0 Å². The topological polar surface area (TPSA) is 115 Å². The SMILES string of the molecule is C[C@@H]1OCC2(CCN(c3cnc4c(cnn4-c4ccc5[nH]c(=O)sc5c4Cl)n3)CC2)[C@@H]1N. The molecule has 3 aromatic heterocycles. The first-order valence-corrected chi connectivity index (χ1v) is 11.8. The lowest BCUT2D eigenvalue weighted by molar-refractivity contribution is 0.0974. The van der Waals surface area contributed by atoms with Crippen molar-refractivity contribution in [2.75, 3.05) is 24.6 Å². The molecule has 1 aromatic carbocycles. The van der Waals surface area contributed by atoms with Gasteiger partial charge in [0.2, 0.25) is 0 Å². The molecule has 0 radical (unpaired) electrons. The Labute approximate surface area is 192 Å². The summed E-state index contributed by atoms with van der Waals surface area (Å²) >= 11 is 7.68. The zero-order valence-electron chi connectivity index (χ0n) is 17.4. The molecule has 2 atom stereocenters. The number of rotatable bonds is 2. The number of thiazole rings is 1. The van der Waals surface area contributed by atoms with Crippen LogP contribution in [0.1, 0.15) is 19.8 Å². The van der Waals surface area contributed by atoms with Crippen LogP contribution in [0.5, 0.6) is 0 Å². The van der Waals surface area contributed by atoms with Crippen LogP contribution in [0, 0.1) is 5.41 Å². The molecule has 32 heavy (non-hydrogen) atoms. The van der Waals surface area contributed by atoms with Crippen molar-refractivity contribution in [1.82, 2.24) is 24.7 Å². The standard InChI is InChI=1S/C21H22ClN7O2S/c1-11-18(23)21(10-31-11)4-6-28(7-5-21)15-9-24-19-13(26-15)8-25-29(19)14-3-2-12-17(16(14)22)32-20(30)27-12/h2-3,8-9,11,18H,4-7,10,23H2,1H3,(H,27,30)/t11-,18+/m0/s1. The summed E-state index contributed by atoms with van der Waals surface area (Å²) < 4.78 is 8.20. The average Bonchev–Trinajstić information content (AvgIpc) is 3.47. The summed E-state index contributed by atoms with van der Waals surface area (Å²) in [5.74, 6) is 0.831. The summed E-state index contributed by atoms with van der Waals surface area (Å²) in [5.41, 5.74) is 9.19. The molecule has 0 saturated carbocycles. The maximum Gasteiger partial charge on any atom is 0.305 e. The van der Waals surface area contributed by atoms with Crippen LogP contribution in [-0.4, -0.2) is 56.6 Å². The number of halogens is 1. The van der Waals surface area contributed by atoms with E-state index in [0.717, 1.165) is 49.7 Å². The quantitative estimate of drug-likeness (QED) is 0.461. The third-order valence-electron chi connectivity index (χ3n) is 6.93. The van der Waals surface area contributed by atoms with Gasteiger partial charge in [-0.3, -0.25) is 4.79 Å². The van der Waals surface area contributed by atoms with Gasteiger partial charge in [-0.2, -0.15) is 5.10 Å². The number of H-pyrrole nitrogens is 1. The molecule has 3 N–H and O–H groups in total. The maximum absolute atomic E-state index is 11.7. The Morgan fingerprint density at radius 3 is 2.88 bits per heavy atom. The van der Waals surface area contributed by atoms with Crippen LogP contribution in [0.2, 0.25) is 5.02 Å². The molecule has 1 spiro atoms. The Bertz CT molecular complexity index is 1390. The second-order valence-corrected chi connectivity index (χ2v) is 10.0.